The molecule has 7 nitrogen and oxygen atoms in total. The molecule has 18 heavy (non-hydrogen) atoms. The van der Waals surface area contributed by atoms with Gasteiger partial charge in [0.2, 0.25) is 15.9 Å². The average molecular weight is 270 g/mol. The van der Waals surface area contributed by atoms with Crippen LogP contribution in [0.5, 0.6) is 0 Å². The minimum absolute atomic E-state index is 0.0400. The summed E-state index contributed by atoms with van der Waals surface area (Å²) in [5.41, 5.74) is 5.41. The molecule has 0 spiro atoms. The monoisotopic (exact) mass is 270 g/mol. The maximum Gasteiger partial charge on any atom is 0.245 e. The molecule has 8 heteroatoms. The zero-order chi connectivity index (χ0) is 13.3. The quantitative estimate of drug-likeness (QED) is 0.730. The van der Waals surface area contributed by atoms with Crippen LogP contribution in [0.15, 0.2) is 23.2 Å². The summed E-state index contributed by atoms with van der Waals surface area (Å²) < 4.78 is 25.8. The Labute approximate surface area is 105 Å². The summed E-state index contributed by atoms with van der Waals surface area (Å²) in [5.74, 6) is -0.0494. The second kappa shape index (κ2) is 4.54. The van der Waals surface area contributed by atoms with E-state index in [4.69, 9.17) is 5.73 Å². The zero-order valence-corrected chi connectivity index (χ0v) is 10.6. The molecule has 2 rings (SSSR count). The number of aromatic nitrogens is 1. The topological polar surface area (TPSA) is 105 Å². The molecule has 1 saturated heterocycles. The molecule has 3 N–H and O–H groups in total. The maximum absolute atomic E-state index is 12.3. The molecule has 0 saturated carbocycles. The van der Waals surface area contributed by atoms with E-state index in [2.05, 4.69) is 10.3 Å². The molecule has 1 atom stereocenters. The number of hydrogen-bond acceptors (Lipinski definition) is 5. The number of carbonyl (C=O) groups is 1. The van der Waals surface area contributed by atoms with E-state index in [1.54, 1.807) is 6.92 Å². The van der Waals surface area contributed by atoms with E-state index in [1.807, 2.05) is 0 Å². The van der Waals surface area contributed by atoms with Crippen molar-refractivity contribution in [2.45, 2.75) is 17.9 Å². The Hall–Kier alpha value is -1.67. The van der Waals surface area contributed by atoms with Crippen LogP contribution in [0.25, 0.3) is 0 Å². The number of amides is 1. The van der Waals surface area contributed by atoms with Crippen molar-refractivity contribution in [2.75, 3.05) is 18.8 Å². The van der Waals surface area contributed by atoms with Crippen molar-refractivity contribution in [3.63, 3.8) is 0 Å². The van der Waals surface area contributed by atoms with Gasteiger partial charge in [-0.1, -0.05) is 0 Å². The van der Waals surface area contributed by atoms with E-state index in [9.17, 15) is 13.2 Å². The van der Waals surface area contributed by atoms with Gasteiger partial charge in [0.15, 0.2) is 0 Å². The molecule has 1 amide bonds. The second-order valence-electron chi connectivity index (χ2n) is 4.00. The fraction of sp³-hybridized carbons (Fsp3) is 0.400. The number of nitrogen functional groups attached to an aromatic ring is 1. The standard InChI is InChI=1S/C10H14N4O3S/c1-7-10(15)12-4-5-14(7)18(16,17)8-2-3-9(11)13-6-8/h2-3,6-7H,4-5H2,1H3,(H2,11,13)(H,12,15). The zero-order valence-electron chi connectivity index (χ0n) is 9.83. The van der Waals surface area contributed by atoms with Crippen molar-refractivity contribution in [1.82, 2.24) is 14.6 Å². The van der Waals surface area contributed by atoms with Gasteiger partial charge in [-0.05, 0) is 19.1 Å². The Morgan fingerprint density at radius 3 is 2.83 bits per heavy atom. The summed E-state index contributed by atoms with van der Waals surface area (Å²) in [7, 11) is -3.71. The van der Waals surface area contributed by atoms with Gasteiger partial charge >= 0.3 is 0 Å². The summed E-state index contributed by atoms with van der Waals surface area (Å²) in [6.45, 7) is 2.11. The summed E-state index contributed by atoms with van der Waals surface area (Å²) >= 11 is 0. The normalized spacial score (nSPS) is 21.6. The summed E-state index contributed by atoms with van der Waals surface area (Å²) in [4.78, 5) is 15.3. The second-order valence-corrected chi connectivity index (χ2v) is 5.89. The van der Waals surface area contributed by atoms with Crippen LogP contribution in [-0.2, 0) is 14.8 Å². The van der Waals surface area contributed by atoms with Gasteiger partial charge in [-0.2, -0.15) is 4.31 Å². The number of nitrogens with one attached hydrogen (secondary N) is 1. The largest absolute Gasteiger partial charge is 0.384 e. The first-order chi connectivity index (χ1) is 8.43. The van der Waals surface area contributed by atoms with Crippen LogP contribution in [0.4, 0.5) is 5.82 Å². The van der Waals surface area contributed by atoms with Gasteiger partial charge in [-0.15, -0.1) is 0 Å². The van der Waals surface area contributed by atoms with Crippen molar-refractivity contribution in [2.24, 2.45) is 0 Å². The Bertz CT molecular complexity index is 555. The molecule has 0 aromatic carbocycles. The van der Waals surface area contributed by atoms with E-state index < -0.39 is 16.1 Å². The number of pyridine rings is 1. The van der Waals surface area contributed by atoms with E-state index in [1.165, 1.54) is 22.6 Å². The van der Waals surface area contributed by atoms with Crippen molar-refractivity contribution >= 4 is 21.7 Å². The molecule has 0 radical (unpaired) electrons. The Balaban J connectivity index is 2.36. The molecule has 1 fully saturated rings. The molecule has 98 valence electrons. The van der Waals surface area contributed by atoms with Crippen LogP contribution in [0.2, 0.25) is 0 Å². The predicted molar refractivity (Wildman–Crippen MR) is 65.0 cm³/mol. The third kappa shape index (κ3) is 2.16. The molecule has 1 aliphatic rings. The minimum atomic E-state index is -3.71. The first-order valence-corrected chi connectivity index (χ1v) is 6.88. The lowest BCUT2D eigenvalue weighted by Crippen LogP contribution is -2.55. The number of piperazine rings is 1. The molecule has 2 heterocycles. The first-order valence-electron chi connectivity index (χ1n) is 5.44. The van der Waals surface area contributed by atoms with Gasteiger partial charge in [-0.25, -0.2) is 13.4 Å². The Morgan fingerprint density at radius 1 is 1.50 bits per heavy atom. The first kappa shape index (κ1) is 12.8. The predicted octanol–water partition coefficient (Wildman–Crippen LogP) is -0.827. The van der Waals surface area contributed by atoms with Crippen molar-refractivity contribution in [1.29, 1.82) is 0 Å². The Kier molecular flexibility index (Phi) is 3.22. The number of anilines is 1. The third-order valence-corrected chi connectivity index (χ3v) is 4.76. The van der Waals surface area contributed by atoms with E-state index >= 15 is 0 Å². The molecule has 1 aromatic heterocycles. The van der Waals surface area contributed by atoms with E-state index in [-0.39, 0.29) is 23.2 Å². The number of carbonyl (C=O) groups excluding carboxylic acids is 1. The van der Waals surface area contributed by atoms with Crippen molar-refractivity contribution in [3.05, 3.63) is 18.3 Å². The van der Waals surface area contributed by atoms with Crippen LogP contribution < -0.4 is 11.1 Å². The van der Waals surface area contributed by atoms with Crippen molar-refractivity contribution in [3.8, 4) is 0 Å². The van der Waals surface area contributed by atoms with Crippen LogP contribution in [0, 0.1) is 0 Å². The van der Waals surface area contributed by atoms with E-state index in [0.717, 1.165) is 0 Å². The van der Waals surface area contributed by atoms with Crippen LogP contribution in [-0.4, -0.2) is 42.7 Å². The fourth-order valence-corrected chi connectivity index (χ4v) is 3.31. The highest BCUT2D eigenvalue weighted by molar-refractivity contribution is 7.89. The number of hydrogen-bond donors (Lipinski definition) is 2. The number of nitrogens with zero attached hydrogens (tertiary/aromatic N) is 2. The molecular weight excluding hydrogens is 256 g/mol. The van der Waals surface area contributed by atoms with Gasteiger partial charge in [0.05, 0.1) is 0 Å². The summed E-state index contributed by atoms with van der Waals surface area (Å²) in [5, 5.41) is 2.61. The van der Waals surface area contributed by atoms with Gasteiger partial charge in [0.1, 0.15) is 16.8 Å². The van der Waals surface area contributed by atoms with Crippen molar-refractivity contribution < 1.29 is 13.2 Å². The fourth-order valence-electron chi connectivity index (χ4n) is 1.77. The lowest BCUT2D eigenvalue weighted by Gasteiger charge is -2.31. The lowest BCUT2D eigenvalue weighted by molar-refractivity contribution is -0.126. The Morgan fingerprint density at radius 2 is 2.22 bits per heavy atom. The summed E-state index contributed by atoms with van der Waals surface area (Å²) in [6.07, 6.45) is 1.20. The van der Waals surface area contributed by atoms with Gasteiger partial charge in [-0.3, -0.25) is 4.79 Å². The lowest BCUT2D eigenvalue weighted by atomic mass is 10.2. The maximum atomic E-state index is 12.3. The van der Waals surface area contributed by atoms with Crippen LogP contribution in [0.3, 0.4) is 0 Å². The highest BCUT2D eigenvalue weighted by Gasteiger charge is 2.35. The number of nitrogens with two attached hydrogens (primary N) is 1. The van der Waals surface area contributed by atoms with Crippen LogP contribution in [0.1, 0.15) is 6.92 Å². The molecule has 1 unspecified atom stereocenters. The van der Waals surface area contributed by atoms with Crippen LogP contribution >= 0.6 is 0 Å². The number of sulfonamides is 1. The highest BCUT2D eigenvalue weighted by Crippen LogP contribution is 2.19. The molecule has 1 aromatic rings. The third-order valence-electron chi connectivity index (χ3n) is 2.81. The van der Waals surface area contributed by atoms with Gasteiger partial charge < -0.3 is 11.1 Å². The smallest absolute Gasteiger partial charge is 0.245 e. The summed E-state index contributed by atoms with van der Waals surface area (Å²) in [6, 6.07) is 2.08. The van der Waals surface area contributed by atoms with E-state index in [0.29, 0.717) is 6.54 Å². The van der Waals surface area contributed by atoms with Gasteiger partial charge in [0, 0.05) is 19.3 Å². The molecule has 0 aliphatic carbocycles. The highest BCUT2D eigenvalue weighted by atomic mass is 32.2. The SMILES string of the molecule is CC1C(=O)NCCN1S(=O)(=O)c1ccc(N)nc1. The number of rotatable bonds is 2. The molecule has 1 aliphatic heterocycles. The average Bonchev–Trinajstić information content (AvgIpc) is 2.33. The molecule has 0 bridgehead atoms. The van der Waals surface area contributed by atoms with Gasteiger partial charge in [0.25, 0.3) is 0 Å². The minimum Gasteiger partial charge on any atom is -0.384 e. The molecular formula is C10H14N4O3S.